The topological polar surface area (TPSA) is 66.5 Å². The summed E-state index contributed by atoms with van der Waals surface area (Å²) in [4.78, 5) is 11.9. The SMILES string of the molecule is CS(=O)(=O)N(CCCC(=O)Nc1ccc(F)cc1)c1ccc(Cl)cc1. The summed E-state index contributed by atoms with van der Waals surface area (Å²) in [6.45, 7) is 0.164. The van der Waals surface area contributed by atoms with Crippen LogP contribution in [0.1, 0.15) is 12.8 Å². The monoisotopic (exact) mass is 384 g/mol. The Labute approximate surface area is 151 Å². The second kappa shape index (κ2) is 8.31. The molecule has 5 nitrogen and oxygen atoms in total. The number of carbonyl (C=O) groups is 1. The van der Waals surface area contributed by atoms with E-state index in [1.807, 2.05) is 0 Å². The van der Waals surface area contributed by atoms with Crippen LogP contribution in [0, 0.1) is 5.82 Å². The maximum atomic E-state index is 12.8. The first-order valence-corrected chi connectivity index (χ1v) is 9.77. The van der Waals surface area contributed by atoms with Crippen molar-refractivity contribution in [1.82, 2.24) is 0 Å². The van der Waals surface area contributed by atoms with Crippen LogP contribution in [0.25, 0.3) is 0 Å². The van der Waals surface area contributed by atoms with Crippen LogP contribution in [-0.2, 0) is 14.8 Å². The highest BCUT2D eigenvalue weighted by Crippen LogP contribution is 2.21. The van der Waals surface area contributed by atoms with Crippen molar-refractivity contribution in [1.29, 1.82) is 0 Å². The average molecular weight is 385 g/mol. The van der Waals surface area contributed by atoms with Crippen molar-refractivity contribution >= 4 is 38.9 Å². The molecule has 0 saturated carbocycles. The maximum Gasteiger partial charge on any atom is 0.232 e. The molecule has 0 aromatic heterocycles. The van der Waals surface area contributed by atoms with E-state index in [2.05, 4.69) is 5.32 Å². The number of halogens is 2. The number of nitrogens with one attached hydrogen (secondary N) is 1. The quantitative estimate of drug-likeness (QED) is 0.792. The van der Waals surface area contributed by atoms with Gasteiger partial charge in [0.15, 0.2) is 0 Å². The molecule has 2 aromatic rings. The summed E-state index contributed by atoms with van der Waals surface area (Å²) in [7, 11) is -3.48. The summed E-state index contributed by atoms with van der Waals surface area (Å²) >= 11 is 5.82. The van der Waals surface area contributed by atoms with E-state index in [1.54, 1.807) is 24.3 Å². The van der Waals surface area contributed by atoms with Gasteiger partial charge in [0.1, 0.15) is 5.82 Å². The zero-order valence-electron chi connectivity index (χ0n) is 13.6. The largest absolute Gasteiger partial charge is 0.326 e. The third kappa shape index (κ3) is 6.03. The molecule has 1 N–H and O–H groups in total. The summed E-state index contributed by atoms with van der Waals surface area (Å²) in [5.41, 5.74) is 0.981. The van der Waals surface area contributed by atoms with Crippen LogP contribution >= 0.6 is 11.6 Å². The fourth-order valence-corrected chi connectivity index (χ4v) is 3.33. The van der Waals surface area contributed by atoms with Gasteiger partial charge in [-0.25, -0.2) is 12.8 Å². The van der Waals surface area contributed by atoms with Crippen molar-refractivity contribution in [2.75, 3.05) is 22.4 Å². The van der Waals surface area contributed by atoms with Crippen molar-refractivity contribution < 1.29 is 17.6 Å². The second-order valence-electron chi connectivity index (χ2n) is 5.47. The number of benzene rings is 2. The fraction of sp³-hybridized carbons (Fsp3) is 0.235. The van der Waals surface area contributed by atoms with Gasteiger partial charge in [-0.2, -0.15) is 0 Å². The van der Waals surface area contributed by atoms with Gasteiger partial charge in [-0.3, -0.25) is 9.10 Å². The van der Waals surface area contributed by atoms with Crippen molar-refractivity contribution in [3.63, 3.8) is 0 Å². The van der Waals surface area contributed by atoms with E-state index in [4.69, 9.17) is 11.6 Å². The van der Waals surface area contributed by atoms with Crippen molar-refractivity contribution in [3.8, 4) is 0 Å². The second-order valence-corrected chi connectivity index (χ2v) is 7.81. The minimum Gasteiger partial charge on any atom is -0.326 e. The smallest absolute Gasteiger partial charge is 0.232 e. The van der Waals surface area contributed by atoms with Gasteiger partial charge in [0.25, 0.3) is 0 Å². The number of sulfonamides is 1. The molecular formula is C17H18ClFN2O3S. The first-order valence-electron chi connectivity index (χ1n) is 7.54. The van der Waals surface area contributed by atoms with Crippen LogP contribution in [0.2, 0.25) is 5.02 Å². The molecule has 0 spiro atoms. The molecule has 2 rings (SSSR count). The molecule has 0 unspecified atom stereocenters. The highest BCUT2D eigenvalue weighted by atomic mass is 35.5. The highest BCUT2D eigenvalue weighted by Gasteiger charge is 2.17. The van der Waals surface area contributed by atoms with Crippen LogP contribution in [-0.4, -0.2) is 27.1 Å². The molecule has 0 heterocycles. The first-order chi connectivity index (χ1) is 11.8. The minimum absolute atomic E-state index is 0.136. The lowest BCUT2D eigenvalue weighted by Gasteiger charge is -2.22. The van der Waals surface area contributed by atoms with Gasteiger partial charge in [-0.05, 0) is 55.0 Å². The minimum atomic E-state index is -3.48. The number of hydrogen-bond donors (Lipinski definition) is 1. The molecule has 0 aliphatic rings. The molecule has 0 saturated heterocycles. The normalized spacial score (nSPS) is 11.2. The van der Waals surface area contributed by atoms with E-state index in [9.17, 15) is 17.6 Å². The summed E-state index contributed by atoms with van der Waals surface area (Å²) in [6, 6.07) is 11.9. The Hall–Kier alpha value is -2.12. The van der Waals surface area contributed by atoms with Crippen molar-refractivity contribution in [2.24, 2.45) is 0 Å². The standard InChI is InChI=1S/C17H18ClFN2O3S/c1-25(23,24)21(16-10-4-13(18)5-11-16)12-2-3-17(22)20-15-8-6-14(19)7-9-15/h4-11H,2-3,12H2,1H3,(H,20,22). The van der Waals surface area contributed by atoms with E-state index in [0.717, 1.165) is 6.26 Å². The number of hydrogen-bond acceptors (Lipinski definition) is 3. The summed E-state index contributed by atoms with van der Waals surface area (Å²) in [6.07, 6.45) is 1.58. The Kier molecular flexibility index (Phi) is 6.39. The summed E-state index contributed by atoms with van der Waals surface area (Å²) in [5, 5.41) is 3.15. The van der Waals surface area contributed by atoms with E-state index < -0.39 is 10.0 Å². The third-order valence-corrected chi connectivity index (χ3v) is 4.85. The Morgan fingerprint density at radius 2 is 1.72 bits per heavy atom. The van der Waals surface area contributed by atoms with Gasteiger partial charge < -0.3 is 5.32 Å². The number of rotatable bonds is 7. The number of carbonyl (C=O) groups excluding carboxylic acids is 1. The number of nitrogens with zero attached hydrogens (tertiary/aromatic N) is 1. The summed E-state index contributed by atoms with van der Waals surface area (Å²) < 4.78 is 38.0. The van der Waals surface area contributed by atoms with Crippen LogP contribution in [0.15, 0.2) is 48.5 Å². The van der Waals surface area contributed by atoms with Crippen LogP contribution in [0.3, 0.4) is 0 Å². The van der Waals surface area contributed by atoms with Crippen molar-refractivity contribution in [3.05, 3.63) is 59.4 Å². The third-order valence-electron chi connectivity index (χ3n) is 3.41. The molecule has 25 heavy (non-hydrogen) atoms. The number of amides is 1. The predicted octanol–water partition coefficient (Wildman–Crippen LogP) is 3.66. The Morgan fingerprint density at radius 1 is 1.12 bits per heavy atom. The lowest BCUT2D eigenvalue weighted by molar-refractivity contribution is -0.116. The predicted molar refractivity (Wildman–Crippen MR) is 97.9 cm³/mol. The van der Waals surface area contributed by atoms with Gasteiger partial charge in [0.2, 0.25) is 15.9 Å². The van der Waals surface area contributed by atoms with Gasteiger partial charge in [0, 0.05) is 23.7 Å². The van der Waals surface area contributed by atoms with Gasteiger partial charge in [-0.15, -0.1) is 0 Å². The molecule has 0 aliphatic heterocycles. The highest BCUT2D eigenvalue weighted by molar-refractivity contribution is 7.92. The molecule has 0 bridgehead atoms. The van der Waals surface area contributed by atoms with Crippen LogP contribution in [0.4, 0.5) is 15.8 Å². The lowest BCUT2D eigenvalue weighted by atomic mass is 10.2. The molecule has 1 amide bonds. The molecule has 134 valence electrons. The van der Waals surface area contributed by atoms with E-state index in [0.29, 0.717) is 22.8 Å². The van der Waals surface area contributed by atoms with Crippen LogP contribution < -0.4 is 9.62 Å². The van der Waals surface area contributed by atoms with E-state index >= 15 is 0 Å². The van der Waals surface area contributed by atoms with E-state index in [1.165, 1.54) is 28.6 Å². The maximum absolute atomic E-state index is 12.8. The molecular weight excluding hydrogens is 367 g/mol. The lowest BCUT2D eigenvalue weighted by Crippen LogP contribution is -2.31. The molecule has 0 fully saturated rings. The molecule has 8 heteroatoms. The van der Waals surface area contributed by atoms with Gasteiger partial charge >= 0.3 is 0 Å². The zero-order chi connectivity index (χ0) is 18.4. The molecule has 0 radical (unpaired) electrons. The average Bonchev–Trinajstić information content (AvgIpc) is 2.54. The number of anilines is 2. The van der Waals surface area contributed by atoms with E-state index in [-0.39, 0.29) is 24.7 Å². The molecule has 0 aliphatic carbocycles. The Balaban J connectivity index is 1.93. The molecule has 0 atom stereocenters. The van der Waals surface area contributed by atoms with Gasteiger partial charge in [-0.1, -0.05) is 11.6 Å². The zero-order valence-corrected chi connectivity index (χ0v) is 15.1. The van der Waals surface area contributed by atoms with Gasteiger partial charge in [0.05, 0.1) is 11.9 Å². The summed E-state index contributed by atoms with van der Waals surface area (Å²) in [5.74, 6) is -0.652. The molecule has 2 aromatic carbocycles. The first kappa shape index (κ1) is 19.2. The van der Waals surface area contributed by atoms with Crippen molar-refractivity contribution in [2.45, 2.75) is 12.8 Å². The Bertz CT molecular complexity index is 824. The Morgan fingerprint density at radius 3 is 2.28 bits per heavy atom. The van der Waals surface area contributed by atoms with Crippen LogP contribution in [0.5, 0.6) is 0 Å². The fourth-order valence-electron chi connectivity index (χ4n) is 2.23.